The highest BCUT2D eigenvalue weighted by molar-refractivity contribution is 7.92. The molecule has 0 aliphatic rings. The number of nitrogens with one attached hydrogen (secondary N) is 2. The highest BCUT2D eigenvalue weighted by atomic mass is 32.2. The lowest BCUT2D eigenvalue weighted by Crippen LogP contribution is -2.30. The second-order valence-corrected chi connectivity index (χ2v) is 12.3. The van der Waals surface area contributed by atoms with E-state index in [4.69, 9.17) is 9.72 Å². The van der Waals surface area contributed by atoms with Gasteiger partial charge in [0, 0.05) is 22.8 Å². The molecule has 6 aromatic rings. The molecule has 0 fully saturated rings. The van der Waals surface area contributed by atoms with Crippen molar-refractivity contribution in [1.29, 1.82) is 0 Å². The number of sulfonamides is 1. The molecule has 1 unspecified atom stereocenters. The lowest BCUT2D eigenvalue weighted by atomic mass is 9.99. The molecule has 4 aromatic carbocycles. The minimum Gasteiger partial charge on any atom is -0.449 e. The van der Waals surface area contributed by atoms with E-state index in [9.17, 15) is 18.0 Å². The van der Waals surface area contributed by atoms with Gasteiger partial charge >= 0.3 is 5.97 Å². The lowest BCUT2D eigenvalue weighted by molar-refractivity contribution is -0.123. The number of carbonyl (C=O) groups is 2. The molecular formula is C32H24N4O5S2. The van der Waals surface area contributed by atoms with Gasteiger partial charge in [-0.1, -0.05) is 48.5 Å². The molecule has 6 rings (SSSR count). The molecule has 43 heavy (non-hydrogen) atoms. The van der Waals surface area contributed by atoms with Gasteiger partial charge in [-0.2, -0.15) is 0 Å². The summed E-state index contributed by atoms with van der Waals surface area (Å²) in [6, 6.07) is 29.4. The summed E-state index contributed by atoms with van der Waals surface area (Å²) in [7, 11) is -3.87. The highest BCUT2D eigenvalue weighted by Gasteiger charge is 2.23. The zero-order valence-electron chi connectivity index (χ0n) is 22.7. The maximum atomic E-state index is 13.4. The van der Waals surface area contributed by atoms with Crippen LogP contribution < -0.4 is 10.0 Å². The van der Waals surface area contributed by atoms with Crippen LogP contribution in [0.4, 0.5) is 11.5 Å². The minimum atomic E-state index is -3.87. The van der Waals surface area contributed by atoms with Crippen LogP contribution in [-0.4, -0.2) is 36.4 Å². The number of nitrogens with zero attached hydrogens (tertiary/aromatic N) is 2. The van der Waals surface area contributed by atoms with Crippen LogP contribution in [0, 0.1) is 0 Å². The largest absolute Gasteiger partial charge is 0.449 e. The Balaban J connectivity index is 1.18. The third-order valence-corrected chi connectivity index (χ3v) is 9.08. The molecule has 2 N–H and O–H groups in total. The van der Waals surface area contributed by atoms with Gasteiger partial charge in [0.15, 0.2) is 6.10 Å². The number of rotatable bonds is 8. The average molecular weight is 609 g/mol. The number of amides is 1. The minimum absolute atomic E-state index is 0.00415. The molecule has 0 spiro atoms. The Morgan fingerprint density at radius 3 is 2.35 bits per heavy atom. The average Bonchev–Trinajstić information content (AvgIpc) is 3.45. The van der Waals surface area contributed by atoms with Gasteiger partial charge in [0.05, 0.1) is 20.7 Å². The van der Waals surface area contributed by atoms with Crippen molar-refractivity contribution < 1.29 is 22.7 Å². The van der Waals surface area contributed by atoms with Gasteiger partial charge in [0.25, 0.3) is 15.9 Å². The number of pyridine rings is 1. The van der Waals surface area contributed by atoms with Gasteiger partial charge in [0.2, 0.25) is 0 Å². The van der Waals surface area contributed by atoms with Crippen LogP contribution in [0.15, 0.2) is 114 Å². The first-order valence-corrected chi connectivity index (χ1v) is 15.5. The molecule has 0 radical (unpaired) electrons. The molecule has 1 amide bonds. The fraction of sp³-hybridized carbons (Fsp3) is 0.0625. The third kappa shape index (κ3) is 5.94. The quantitative estimate of drug-likeness (QED) is 0.189. The first kappa shape index (κ1) is 28.0. The summed E-state index contributed by atoms with van der Waals surface area (Å²) in [6.45, 7) is 1.47. The van der Waals surface area contributed by atoms with E-state index < -0.39 is 28.0 Å². The summed E-state index contributed by atoms with van der Waals surface area (Å²) >= 11 is 1.54. The molecule has 2 aromatic heterocycles. The summed E-state index contributed by atoms with van der Waals surface area (Å²) in [6.07, 6.45) is 0.346. The smallest absolute Gasteiger partial charge is 0.339 e. The maximum absolute atomic E-state index is 13.4. The standard InChI is InChI=1S/C32H24N4O5S2/c1-20(30(37)34-22-15-17-23(18-16-22)43(39,40)36-28-14-4-5-19-33-28)41-32(38)25-11-7-9-21-8-6-10-24(29(21)25)31-35-26-12-2-3-13-27(26)42-31/h2-20H,1H3,(H,33,36)(H,34,37). The molecular weight excluding hydrogens is 585 g/mol. The van der Waals surface area contributed by atoms with Crippen molar-refractivity contribution in [2.75, 3.05) is 10.0 Å². The van der Waals surface area contributed by atoms with Gasteiger partial charge in [-0.15, -0.1) is 11.3 Å². The molecule has 2 heterocycles. The maximum Gasteiger partial charge on any atom is 0.339 e. The van der Waals surface area contributed by atoms with Crippen molar-refractivity contribution in [3.8, 4) is 10.6 Å². The fourth-order valence-corrected chi connectivity index (χ4v) is 6.54. The molecule has 0 bridgehead atoms. The number of carbonyl (C=O) groups excluding carboxylic acids is 2. The lowest BCUT2D eigenvalue weighted by Gasteiger charge is -2.15. The highest BCUT2D eigenvalue weighted by Crippen LogP contribution is 2.36. The van der Waals surface area contributed by atoms with Crippen molar-refractivity contribution in [3.63, 3.8) is 0 Å². The normalized spacial score (nSPS) is 12.1. The molecule has 0 saturated heterocycles. The number of hydrogen-bond donors (Lipinski definition) is 2. The Morgan fingerprint density at radius 1 is 0.860 bits per heavy atom. The predicted octanol–water partition coefficient (Wildman–Crippen LogP) is 6.50. The Hall–Kier alpha value is -5.13. The number of thiazole rings is 1. The Morgan fingerprint density at radius 2 is 1.60 bits per heavy atom. The van der Waals surface area contributed by atoms with E-state index in [1.54, 1.807) is 24.3 Å². The van der Waals surface area contributed by atoms with Crippen molar-refractivity contribution in [3.05, 3.63) is 115 Å². The summed E-state index contributed by atoms with van der Waals surface area (Å²) in [4.78, 5) is 35.0. The van der Waals surface area contributed by atoms with E-state index in [-0.39, 0.29) is 10.7 Å². The van der Waals surface area contributed by atoms with E-state index in [2.05, 4.69) is 15.0 Å². The van der Waals surface area contributed by atoms with E-state index in [0.717, 1.165) is 26.2 Å². The van der Waals surface area contributed by atoms with E-state index in [0.29, 0.717) is 16.6 Å². The Labute approximate surface area is 251 Å². The van der Waals surface area contributed by atoms with Crippen LogP contribution in [0.2, 0.25) is 0 Å². The third-order valence-electron chi connectivity index (χ3n) is 6.64. The fourth-order valence-electron chi connectivity index (χ4n) is 4.54. The van der Waals surface area contributed by atoms with Gasteiger partial charge < -0.3 is 10.1 Å². The summed E-state index contributed by atoms with van der Waals surface area (Å²) in [5, 5.41) is 4.98. The summed E-state index contributed by atoms with van der Waals surface area (Å²) in [5.41, 5.74) is 2.34. The molecule has 0 aliphatic heterocycles. The number of hydrogen-bond acceptors (Lipinski definition) is 8. The number of fused-ring (bicyclic) bond motifs is 2. The second-order valence-electron chi connectivity index (χ2n) is 9.58. The number of benzene rings is 4. The number of ether oxygens (including phenoxy) is 1. The first-order chi connectivity index (χ1) is 20.8. The van der Waals surface area contributed by atoms with Crippen LogP contribution in [-0.2, 0) is 19.6 Å². The second kappa shape index (κ2) is 11.6. The predicted molar refractivity (Wildman–Crippen MR) is 168 cm³/mol. The zero-order valence-corrected chi connectivity index (χ0v) is 24.4. The van der Waals surface area contributed by atoms with E-state index in [1.807, 2.05) is 48.5 Å². The van der Waals surface area contributed by atoms with Crippen LogP contribution in [0.3, 0.4) is 0 Å². The Kier molecular flexibility index (Phi) is 7.58. The molecule has 1 atom stereocenters. The summed E-state index contributed by atoms with van der Waals surface area (Å²) in [5.74, 6) is -1.03. The van der Waals surface area contributed by atoms with Crippen LogP contribution in [0.25, 0.3) is 31.6 Å². The number of esters is 1. The monoisotopic (exact) mass is 608 g/mol. The van der Waals surface area contributed by atoms with Crippen molar-refractivity contribution in [2.24, 2.45) is 0 Å². The van der Waals surface area contributed by atoms with Crippen LogP contribution >= 0.6 is 11.3 Å². The molecule has 0 saturated carbocycles. The molecule has 9 nitrogen and oxygen atoms in total. The van der Waals surface area contributed by atoms with Crippen LogP contribution in [0.1, 0.15) is 17.3 Å². The van der Waals surface area contributed by atoms with Crippen LogP contribution in [0.5, 0.6) is 0 Å². The van der Waals surface area contributed by atoms with Crippen molar-refractivity contribution in [2.45, 2.75) is 17.9 Å². The van der Waals surface area contributed by atoms with Gasteiger partial charge in [-0.3, -0.25) is 9.52 Å². The molecule has 214 valence electrons. The first-order valence-electron chi connectivity index (χ1n) is 13.2. The topological polar surface area (TPSA) is 127 Å². The summed E-state index contributed by atoms with van der Waals surface area (Å²) < 4.78 is 34.3. The molecule has 11 heteroatoms. The molecule has 0 aliphatic carbocycles. The van der Waals surface area contributed by atoms with Crippen molar-refractivity contribution in [1.82, 2.24) is 9.97 Å². The number of aromatic nitrogens is 2. The Bertz CT molecular complexity index is 2040. The zero-order chi connectivity index (χ0) is 30.0. The van der Waals surface area contributed by atoms with E-state index >= 15 is 0 Å². The van der Waals surface area contributed by atoms with Gasteiger partial charge in [-0.05, 0) is 66.9 Å². The van der Waals surface area contributed by atoms with Crippen molar-refractivity contribution >= 4 is 65.7 Å². The van der Waals surface area contributed by atoms with Gasteiger partial charge in [0.1, 0.15) is 10.8 Å². The van der Waals surface area contributed by atoms with E-state index in [1.165, 1.54) is 54.8 Å². The van der Waals surface area contributed by atoms with Gasteiger partial charge in [-0.25, -0.2) is 23.2 Å². The number of anilines is 2. The SMILES string of the molecule is CC(OC(=O)c1cccc2cccc(-c3nc4ccccc4s3)c12)C(=O)Nc1ccc(S(=O)(=O)Nc2ccccn2)cc1. The number of para-hydroxylation sites is 1.